The number of fused-ring (bicyclic) bond motifs is 1. The van der Waals surface area contributed by atoms with E-state index in [1.54, 1.807) is 43.5 Å². The van der Waals surface area contributed by atoms with Crippen LogP contribution in [0.1, 0.15) is 12.5 Å². The summed E-state index contributed by atoms with van der Waals surface area (Å²) in [5.41, 5.74) is 2.83. The Morgan fingerprint density at radius 3 is 2.72 bits per heavy atom. The molecule has 0 fully saturated rings. The van der Waals surface area contributed by atoms with Gasteiger partial charge in [-0.05, 0) is 42.3 Å². The van der Waals surface area contributed by atoms with E-state index in [4.69, 9.17) is 5.26 Å². The molecule has 3 rings (SSSR count). The Morgan fingerprint density at radius 1 is 1.32 bits per heavy atom. The van der Waals surface area contributed by atoms with Crippen molar-refractivity contribution in [2.75, 3.05) is 6.61 Å². The Balaban J connectivity index is 0.000000399. The summed E-state index contributed by atoms with van der Waals surface area (Å²) in [4.78, 5) is 22.7. The molecule has 3 aromatic rings. The van der Waals surface area contributed by atoms with Gasteiger partial charge in [0.1, 0.15) is 5.52 Å². The van der Waals surface area contributed by atoms with E-state index < -0.39 is 4.92 Å². The highest BCUT2D eigenvalue weighted by molar-refractivity contribution is 5.99. The fraction of sp³-hybridized carbons (Fsp3) is 0.111. The molecule has 0 bridgehead atoms. The van der Waals surface area contributed by atoms with Crippen molar-refractivity contribution in [3.05, 3.63) is 64.3 Å². The molecule has 0 amide bonds. The largest absolute Gasteiger partial charge is 0.468 e. The number of hydrogen-bond donors (Lipinski definition) is 1. The molecular formula is C18H15N3O4. The van der Waals surface area contributed by atoms with E-state index in [0.717, 1.165) is 16.5 Å². The van der Waals surface area contributed by atoms with Crippen molar-refractivity contribution < 1.29 is 14.5 Å². The topological polar surface area (TPSA) is 109 Å². The van der Waals surface area contributed by atoms with Gasteiger partial charge in [-0.3, -0.25) is 14.9 Å². The van der Waals surface area contributed by atoms with Gasteiger partial charge in [0.05, 0.1) is 23.2 Å². The maximum Gasteiger partial charge on any atom is 0.293 e. The lowest BCUT2D eigenvalue weighted by molar-refractivity contribution is -0.383. The number of nitrogens with zero attached hydrogens (tertiary/aromatic N) is 2. The highest BCUT2D eigenvalue weighted by atomic mass is 16.6. The molecule has 0 saturated heterocycles. The molecule has 0 atom stereocenters. The molecule has 7 nitrogen and oxygen atoms in total. The highest BCUT2D eigenvalue weighted by Gasteiger charge is 2.16. The third-order valence-electron chi connectivity index (χ3n) is 3.44. The lowest BCUT2D eigenvalue weighted by Gasteiger charge is -2.04. The number of aromatic nitrogens is 1. The normalized spacial score (nSPS) is 9.60. The number of non-ortho nitro benzene ring substituents is 1. The van der Waals surface area contributed by atoms with E-state index in [1.807, 2.05) is 6.07 Å². The summed E-state index contributed by atoms with van der Waals surface area (Å²) in [6.45, 7) is 2.66. The van der Waals surface area contributed by atoms with Gasteiger partial charge in [0.2, 0.25) is 0 Å². The average Bonchev–Trinajstić information content (AvgIpc) is 3.11. The minimum atomic E-state index is -0.408. The summed E-state index contributed by atoms with van der Waals surface area (Å²) in [6.07, 6.45) is 1.68. The summed E-state index contributed by atoms with van der Waals surface area (Å²) >= 11 is 0. The molecule has 0 spiro atoms. The van der Waals surface area contributed by atoms with Crippen LogP contribution in [0, 0.1) is 21.4 Å². The molecule has 1 N–H and O–H groups in total. The van der Waals surface area contributed by atoms with Crippen molar-refractivity contribution >= 4 is 23.1 Å². The molecule has 126 valence electrons. The molecule has 0 aliphatic heterocycles. The predicted molar refractivity (Wildman–Crippen MR) is 92.8 cm³/mol. The van der Waals surface area contributed by atoms with E-state index in [0.29, 0.717) is 24.2 Å². The van der Waals surface area contributed by atoms with Gasteiger partial charge in [0.25, 0.3) is 12.2 Å². The van der Waals surface area contributed by atoms with Crippen molar-refractivity contribution in [2.24, 2.45) is 0 Å². The zero-order valence-electron chi connectivity index (χ0n) is 13.4. The number of carbonyl (C=O) groups excluding carboxylic acids is 1. The average molecular weight is 337 g/mol. The lowest BCUT2D eigenvalue weighted by atomic mass is 9.99. The van der Waals surface area contributed by atoms with Crippen LogP contribution in [0.5, 0.6) is 0 Å². The first-order valence-corrected chi connectivity index (χ1v) is 7.42. The summed E-state index contributed by atoms with van der Waals surface area (Å²) in [6, 6.07) is 14.3. The molecule has 0 unspecified atom stereocenters. The first-order chi connectivity index (χ1) is 12.1. The Kier molecular flexibility index (Phi) is 5.85. The molecule has 7 heteroatoms. The quantitative estimate of drug-likeness (QED) is 0.442. The number of benzene rings is 2. The Morgan fingerprint density at radius 2 is 2.12 bits per heavy atom. The number of nitrogens with one attached hydrogen (secondary N) is 1. The Labute approximate surface area is 143 Å². The molecule has 0 radical (unpaired) electrons. The van der Waals surface area contributed by atoms with Crippen molar-refractivity contribution in [3.63, 3.8) is 0 Å². The minimum Gasteiger partial charge on any atom is -0.468 e. The third kappa shape index (κ3) is 4.00. The van der Waals surface area contributed by atoms with Gasteiger partial charge in [0, 0.05) is 17.6 Å². The Hall–Kier alpha value is -3.66. The molecule has 25 heavy (non-hydrogen) atoms. The maximum atomic E-state index is 11.0. The van der Waals surface area contributed by atoms with E-state index in [2.05, 4.69) is 15.8 Å². The number of nitro benzene ring substituents is 1. The molecule has 0 aliphatic carbocycles. The monoisotopic (exact) mass is 337 g/mol. The van der Waals surface area contributed by atoms with Gasteiger partial charge in [-0.15, -0.1) is 0 Å². The van der Waals surface area contributed by atoms with Crippen LogP contribution in [0.25, 0.3) is 22.0 Å². The number of ether oxygens (including phenoxy) is 1. The van der Waals surface area contributed by atoms with Gasteiger partial charge in [-0.2, -0.15) is 5.26 Å². The number of carbonyl (C=O) groups is 1. The number of rotatable bonds is 4. The van der Waals surface area contributed by atoms with Crippen LogP contribution in [-0.4, -0.2) is 23.0 Å². The molecule has 2 aromatic carbocycles. The number of nitriles is 1. The van der Waals surface area contributed by atoms with E-state index in [1.165, 1.54) is 6.07 Å². The standard InChI is InChI=1S/C15H9N3O2.C3H6O2/c16-9-10-2-1-3-11(8-10)12-4-5-14(18(19)20)15-13(12)6-7-17-15;1-2-5-3-4/h1-8,17H;3H,2H2,1H3. The second-order valence-electron chi connectivity index (χ2n) is 4.90. The van der Waals surface area contributed by atoms with Gasteiger partial charge < -0.3 is 9.72 Å². The van der Waals surface area contributed by atoms with Gasteiger partial charge in [-0.25, -0.2) is 0 Å². The summed E-state index contributed by atoms with van der Waals surface area (Å²) in [5.74, 6) is 0. The van der Waals surface area contributed by atoms with Crippen LogP contribution in [0.3, 0.4) is 0 Å². The Bertz CT molecular complexity index is 941. The van der Waals surface area contributed by atoms with Crippen LogP contribution >= 0.6 is 0 Å². The van der Waals surface area contributed by atoms with Gasteiger partial charge >= 0.3 is 0 Å². The summed E-state index contributed by atoms with van der Waals surface area (Å²) in [5, 5.41) is 20.7. The van der Waals surface area contributed by atoms with Crippen LogP contribution in [0.4, 0.5) is 5.69 Å². The fourth-order valence-corrected chi connectivity index (χ4v) is 2.37. The smallest absolute Gasteiger partial charge is 0.293 e. The predicted octanol–water partition coefficient (Wildman–Crippen LogP) is 3.79. The van der Waals surface area contributed by atoms with Crippen LogP contribution < -0.4 is 0 Å². The highest BCUT2D eigenvalue weighted by Crippen LogP contribution is 2.33. The third-order valence-corrected chi connectivity index (χ3v) is 3.44. The minimum absolute atomic E-state index is 0.0465. The first-order valence-electron chi connectivity index (χ1n) is 7.42. The van der Waals surface area contributed by atoms with Crippen LogP contribution in [-0.2, 0) is 9.53 Å². The second kappa shape index (κ2) is 8.26. The molecular weight excluding hydrogens is 322 g/mol. The van der Waals surface area contributed by atoms with Crippen molar-refractivity contribution in [3.8, 4) is 17.2 Å². The summed E-state index contributed by atoms with van der Waals surface area (Å²) in [7, 11) is 0. The van der Waals surface area contributed by atoms with Gasteiger partial charge in [-0.1, -0.05) is 12.1 Å². The van der Waals surface area contributed by atoms with E-state index >= 15 is 0 Å². The lowest BCUT2D eigenvalue weighted by Crippen LogP contribution is -1.90. The zero-order chi connectivity index (χ0) is 18.2. The molecule has 1 aromatic heterocycles. The number of aromatic amines is 1. The van der Waals surface area contributed by atoms with Crippen LogP contribution in [0.15, 0.2) is 48.7 Å². The number of H-pyrrole nitrogens is 1. The van der Waals surface area contributed by atoms with Crippen LogP contribution in [0.2, 0.25) is 0 Å². The number of hydrogen-bond acceptors (Lipinski definition) is 5. The van der Waals surface area contributed by atoms with Crippen molar-refractivity contribution in [2.45, 2.75) is 6.92 Å². The molecule has 0 aliphatic rings. The molecule has 0 saturated carbocycles. The van der Waals surface area contributed by atoms with Crippen molar-refractivity contribution in [1.82, 2.24) is 4.98 Å². The number of nitro groups is 1. The second-order valence-corrected chi connectivity index (χ2v) is 4.90. The summed E-state index contributed by atoms with van der Waals surface area (Å²) < 4.78 is 4.15. The van der Waals surface area contributed by atoms with Crippen molar-refractivity contribution in [1.29, 1.82) is 5.26 Å². The SMILES string of the molecule is CCOC=O.N#Cc1cccc(-c2ccc([N+](=O)[O-])c3[nH]ccc23)c1. The first kappa shape index (κ1) is 17.7. The van der Waals surface area contributed by atoms with E-state index in [9.17, 15) is 14.9 Å². The molecule has 1 heterocycles. The maximum absolute atomic E-state index is 11.0. The van der Waals surface area contributed by atoms with Gasteiger partial charge in [0.15, 0.2) is 0 Å². The zero-order valence-corrected chi connectivity index (χ0v) is 13.4. The fourth-order valence-electron chi connectivity index (χ4n) is 2.37. The van der Waals surface area contributed by atoms with E-state index in [-0.39, 0.29) is 5.69 Å².